The summed E-state index contributed by atoms with van der Waals surface area (Å²) in [4.78, 5) is 16.0. The van der Waals surface area contributed by atoms with E-state index >= 15 is 0 Å². The van der Waals surface area contributed by atoms with Gasteiger partial charge < -0.3 is 20.1 Å². The van der Waals surface area contributed by atoms with Crippen molar-refractivity contribution >= 4 is 5.78 Å². The van der Waals surface area contributed by atoms with E-state index in [1.54, 1.807) is 0 Å². The quantitative estimate of drug-likeness (QED) is 0.286. The molecule has 0 spiro atoms. The number of nitrogens with one attached hydrogen (secondary N) is 1. The summed E-state index contributed by atoms with van der Waals surface area (Å²) < 4.78 is 5.44. The number of carbonyl (C=O) groups is 1. The van der Waals surface area contributed by atoms with Crippen molar-refractivity contribution in [1.82, 2.24) is 15.1 Å². The largest absolute Gasteiger partial charge is 0.385 e. The molecule has 0 heterocycles. The Bertz CT molecular complexity index is 772. The monoisotopic (exact) mass is 487 g/mol. The Morgan fingerprint density at radius 1 is 1.20 bits per heavy atom. The highest BCUT2D eigenvalue weighted by atomic mass is 16.6. The van der Waals surface area contributed by atoms with E-state index in [0.717, 1.165) is 43.9 Å². The van der Waals surface area contributed by atoms with Gasteiger partial charge in [0.1, 0.15) is 0 Å². The fourth-order valence-corrected chi connectivity index (χ4v) is 3.64. The van der Waals surface area contributed by atoms with Gasteiger partial charge in [0, 0.05) is 31.1 Å². The van der Waals surface area contributed by atoms with Gasteiger partial charge >= 0.3 is 0 Å². The van der Waals surface area contributed by atoms with Crippen LogP contribution in [-0.2, 0) is 16.0 Å². The molecule has 198 valence electrons. The Kier molecular flexibility index (Phi) is 16.2. The standard InChI is InChI=1S/C15H28N2O2.C14H21NO/c1-4-5-10-16-14-8-6-13(7-9-14)15(18)19-12-11-17(2)3;1-4-15(5-2)11-14(16)10-13-9-7-6-8-12(13)3/h6,8-9,13,15-16,18H,4-5,7,10-12H2,1-3H3;6-9H,4-5,10-11H2,1-3H3. The number of aliphatic hydroxyl groups is 1. The molecule has 1 aromatic carbocycles. The number of aryl methyl sites for hydroxylation is 1. The van der Waals surface area contributed by atoms with Crippen LogP contribution in [-0.4, -0.2) is 80.4 Å². The number of nitrogens with zero attached hydrogens (tertiary/aromatic N) is 2. The Morgan fingerprint density at radius 3 is 2.49 bits per heavy atom. The fraction of sp³-hybridized carbons (Fsp3) is 0.621. The minimum atomic E-state index is -0.704. The number of hydrogen-bond donors (Lipinski definition) is 2. The van der Waals surface area contributed by atoms with Gasteiger partial charge in [0.05, 0.1) is 13.2 Å². The van der Waals surface area contributed by atoms with E-state index in [1.165, 1.54) is 18.4 Å². The van der Waals surface area contributed by atoms with Crippen LogP contribution >= 0.6 is 0 Å². The first-order chi connectivity index (χ1) is 16.8. The van der Waals surface area contributed by atoms with Gasteiger partial charge in [0.2, 0.25) is 0 Å². The molecule has 0 fully saturated rings. The van der Waals surface area contributed by atoms with Crippen LogP contribution in [0.4, 0.5) is 0 Å². The zero-order chi connectivity index (χ0) is 26.1. The third kappa shape index (κ3) is 13.6. The van der Waals surface area contributed by atoms with Crippen molar-refractivity contribution in [1.29, 1.82) is 0 Å². The third-order valence-corrected chi connectivity index (χ3v) is 6.13. The molecular weight excluding hydrogens is 438 g/mol. The van der Waals surface area contributed by atoms with Crippen molar-refractivity contribution in [3.05, 3.63) is 59.3 Å². The number of Topliss-reactive ketones (excluding diaryl/α,β-unsaturated/α-hetero) is 1. The molecule has 0 bridgehead atoms. The molecular formula is C29H49N3O3. The first-order valence-electron chi connectivity index (χ1n) is 13.2. The van der Waals surface area contributed by atoms with Crippen LogP contribution in [0, 0.1) is 12.8 Å². The Labute approximate surface area is 214 Å². The Morgan fingerprint density at radius 2 is 1.91 bits per heavy atom. The van der Waals surface area contributed by atoms with Crippen molar-refractivity contribution in [3.63, 3.8) is 0 Å². The van der Waals surface area contributed by atoms with Gasteiger partial charge in [0.15, 0.2) is 12.1 Å². The second-order valence-electron chi connectivity index (χ2n) is 9.37. The minimum Gasteiger partial charge on any atom is -0.385 e. The maximum Gasteiger partial charge on any atom is 0.161 e. The molecule has 2 atom stereocenters. The summed E-state index contributed by atoms with van der Waals surface area (Å²) in [5, 5.41) is 13.3. The highest BCUT2D eigenvalue weighted by Gasteiger charge is 2.18. The van der Waals surface area contributed by atoms with E-state index in [1.807, 2.05) is 49.3 Å². The number of benzene rings is 1. The van der Waals surface area contributed by atoms with Crippen LogP contribution in [0.25, 0.3) is 0 Å². The summed E-state index contributed by atoms with van der Waals surface area (Å²) in [5.74, 6) is 0.372. The second-order valence-corrected chi connectivity index (χ2v) is 9.37. The first-order valence-corrected chi connectivity index (χ1v) is 13.2. The van der Waals surface area contributed by atoms with E-state index in [2.05, 4.69) is 50.1 Å². The SMILES string of the molecule is CCCCNC1=CCC(C(O)OCCN(C)C)C=C1.CCN(CC)CC(=O)Cc1ccccc1C. The molecule has 2 N–H and O–H groups in total. The maximum atomic E-state index is 11.9. The van der Waals surface area contributed by atoms with Crippen LogP contribution in [0.2, 0.25) is 0 Å². The number of likely N-dealkylation sites (N-methyl/N-ethyl adjacent to an activating group) is 2. The van der Waals surface area contributed by atoms with Crippen LogP contribution in [0.1, 0.15) is 51.2 Å². The lowest BCUT2D eigenvalue weighted by Gasteiger charge is -2.23. The summed E-state index contributed by atoms with van der Waals surface area (Å²) in [5.41, 5.74) is 3.51. The molecule has 0 saturated carbocycles. The molecule has 2 rings (SSSR count). The maximum absolute atomic E-state index is 11.9. The Balaban J connectivity index is 0.000000355. The topological polar surface area (TPSA) is 65.0 Å². The predicted octanol–water partition coefficient (Wildman–Crippen LogP) is 4.18. The van der Waals surface area contributed by atoms with Gasteiger partial charge in [-0.2, -0.15) is 0 Å². The highest BCUT2D eigenvalue weighted by Crippen LogP contribution is 2.19. The molecule has 0 radical (unpaired) electrons. The van der Waals surface area contributed by atoms with Gasteiger partial charge in [-0.25, -0.2) is 0 Å². The van der Waals surface area contributed by atoms with Gasteiger partial charge in [-0.1, -0.05) is 63.6 Å². The van der Waals surface area contributed by atoms with E-state index < -0.39 is 6.29 Å². The average Bonchev–Trinajstić information content (AvgIpc) is 2.84. The third-order valence-electron chi connectivity index (χ3n) is 6.13. The molecule has 0 aromatic heterocycles. The molecule has 35 heavy (non-hydrogen) atoms. The van der Waals surface area contributed by atoms with Crippen LogP contribution in [0.15, 0.2) is 48.2 Å². The van der Waals surface area contributed by atoms with Crippen molar-refractivity contribution < 1.29 is 14.6 Å². The highest BCUT2D eigenvalue weighted by molar-refractivity contribution is 5.83. The predicted molar refractivity (Wildman–Crippen MR) is 146 cm³/mol. The fourth-order valence-electron chi connectivity index (χ4n) is 3.64. The zero-order valence-electron chi connectivity index (χ0n) is 22.9. The van der Waals surface area contributed by atoms with Crippen LogP contribution in [0.5, 0.6) is 0 Å². The average molecular weight is 488 g/mol. The molecule has 1 aliphatic carbocycles. The molecule has 0 aliphatic heterocycles. The zero-order valence-corrected chi connectivity index (χ0v) is 22.9. The number of ether oxygens (including phenoxy) is 1. The second kappa shape index (κ2) is 18.3. The molecule has 1 aliphatic rings. The van der Waals surface area contributed by atoms with Gasteiger partial charge in [-0.15, -0.1) is 0 Å². The van der Waals surface area contributed by atoms with Crippen molar-refractivity contribution in [2.75, 3.05) is 53.4 Å². The molecule has 1 aromatic rings. The summed E-state index contributed by atoms with van der Waals surface area (Å²) >= 11 is 0. The first kappa shape index (κ1) is 31.0. The number of allylic oxidation sites excluding steroid dienone is 2. The normalized spacial score (nSPS) is 16.0. The number of rotatable bonds is 15. The number of aliphatic hydroxyl groups excluding tert-OH is 1. The van der Waals surface area contributed by atoms with E-state index in [4.69, 9.17) is 4.74 Å². The smallest absolute Gasteiger partial charge is 0.161 e. The Hall–Kier alpha value is -1.99. The lowest BCUT2D eigenvalue weighted by molar-refractivity contribution is -0.124. The number of ketones is 1. The van der Waals surface area contributed by atoms with E-state index in [-0.39, 0.29) is 5.92 Å². The number of carbonyl (C=O) groups excluding carboxylic acids is 1. The van der Waals surface area contributed by atoms with Crippen LogP contribution < -0.4 is 5.32 Å². The minimum absolute atomic E-state index is 0.0684. The number of hydrogen-bond acceptors (Lipinski definition) is 6. The number of unbranched alkanes of at least 4 members (excludes halogenated alkanes) is 1. The molecule has 6 nitrogen and oxygen atoms in total. The summed E-state index contributed by atoms with van der Waals surface area (Å²) in [6, 6.07) is 8.09. The molecule has 0 saturated heterocycles. The summed E-state index contributed by atoms with van der Waals surface area (Å²) in [6.07, 6.45) is 9.29. The lowest BCUT2D eigenvalue weighted by Crippen LogP contribution is -2.30. The summed E-state index contributed by atoms with van der Waals surface area (Å²) in [7, 11) is 3.99. The molecule has 6 heteroatoms. The van der Waals surface area contributed by atoms with E-state index in [9.17, 15) is 9.90 Å². The van der Waals surface area contributed by atoms with Crippen molar-refractivity contribution in [2.24, 2.45) is 5.92 Å². The van der Waals surface area contributed by atoms with E-state index in [0.29, 0.717) is 25.4 Å². The van der Waals surface area contributed by atoms with Crippen LogP contribution in [0.3, 0.4) is 0 Å². The van der Waals surface area contributed by atoms with Crippen molar-refractivity contribution in [2.45, 2.75) is 59.7 Å². The lowest BCUT2D eigenvalue weighted by atomic mass is 9.99. The van der Waals surface area contributed by atoms with Crippen molar-refractivity contribution in [3.8, 4) is 0 Å². The van der Waals surface area contributed by atoms with Gasteiger partial charge in [-0.3, -0.25) is 9.69 Å². The molecule has 0 amide bonds. The van der Waals surface area contributed by atoms with Gasteiger partial charge in [0.25, 0.3) is 0 Å². The summed E-state index contributed by atoms with van der Waals surface area (Å²) in [6.45, 7) is 13.3. The van der Waals surface area contributed by atoms with Gasteiger partial charge in [-0.05, 0) is 64.2 Å². The molecule has 2 unspecified atom stereocenters.